The van der Waals surface area contributed by atoms with E-state index in [4.69, 9.17) is 4.98 Å². The minimum atomic E-state index is -0.360. The van der Waals surface area contributed by atoms with Crippen molar-refractivity contribution in [2.45, 2.75) is 26.2 Å². The summed E-state index contributed by atoms with van der Waals surface area (Å²) in [4.78, 5) is 15.7. The summed E-state index contributed by atoms with van der Waals surface area (Å²) in [5.41, 5.74) is 5.73. The zero-order valence-corrected chi connectivity index (χ0v) is 15.7. The molecule has 0 fully saturated rings. The summed E-state index contributed by atoms with van der Waals surface area (Å²) < 4.78 is 0. The average Bonchev–Trinajstić information content (AvgIpc) is 2.72. The lowest BCUT2D eigenvalue weighted by molar-refractivity contribution is -0.384. The van der Waals surface area contributed by atoms with E-state index in [1.165, 1.54) is 27.3 Å². The van der Waals surface area contributed by atoms with Gasteiger partial charge in [0.05, 0.1) is 16.1 Å². The number of rotatable bonds is 2. The molecule has 1 aromatic heterocycles. The molecule has 1 aliphatic carbocycles. The highest BCUT2D eigenvalue weighted by molar-refractivity contribution is 6.09. The Morgan fingerprint density at radius 3 is 2.57 bits per heavy atom. The van der Waals surface area contributed by atoms with Crippen LogP contribution in [0.4, 0.5) is 5.69 Å². The van der Waals surface area contributed by atoms with Crippen molar-refractivity contribution in [3.63, 3.8) is 0 Å². The van der Waals surface area contributed by atoms with Crippen molar-refractivity contribution in [1.29, 1.82) is 0 Å². The Labute approximate surface area is 163 Å². The van der Waals surface area contributed by atoms with Gasteiger partial charge in [0.15, 0.2) is 0 Å². The molecule has 5 rings (SSSR count). The van der Waals surface area contributed by atoms with Crippen LogP contribution >= 0.6 is 0 Å². The van der Waals surface area contributed by atoms with Crippen molar-refractivity contribution in [1.82, 2.24) is 4.98 Å². The molecule has 0 saturated heterocycles. The van der Waals surface area contributed by atoms with Gasteiger partial charge in [0, 0.05) is 23.1 Å². The maximum atomic E-state index is 11.0. The Morgan fingerprint density at radius 1 is 1.00 bits per heavy atom. The molecular weight excluding hydrogens is 348 g/mol. The van der Waals surface area contributed by atoms with Crippen LogP contribution in [0.3, 0.4) is 0 Å². The minimum absolute atomic E-state index is 0.109. The first-order chi connectivity index (χ1) is 13.6. The van der Waals surface area contributed by atoms with Crippen molar-refractivity contribution < 1.29 is 4.92 Å². The highest BCUT2D eigenvalue weighted by atomic mass is 16.6. The zero-order chi connectivity index (χ0) is 19.3. The van der Waals surface area contributed by atoms with Gasteiger partial charge in [-0.15, -0.1) is 0 Å². The molecule has 4 nitrogen and oxygen atoms in total. The first kappa shape index (κ1) is 16.9. The van der Waals surface area contributed by atoms with Crippen molar-refractivity contribution in [2.24, 2.45) is 5.92 Å². The second-order valence-electron chi connectivity index (χ2n) is 7.75. The molecule has 1 heterocycles. The Bertz CT molecular complexity index is 1230. The Balaban J connectivity index is 1.81. The first-order valence-corrected chi connectivity index (χ1v) is 9.70. The molecule has 0 N–H and O–H groups in total. The van der Waals surface area contributed by atoms with E-state index in [-0.39, 0.29) is 10.6 Å². The molecule has 0 saturated carbocycles. The second-order valence-corrected chi connectivity index (χ2v) is 7.75. The van der Waals surface area contributed by atoms with Crippen LogP contribution in [0.25, 0.3) is 32.9 Å². The molecule has 0 unspecified atom stereocenters. The maximum Gasteiger partial charge on any atom is 0.269 e. The molecule has 0 aliphatic heterocycles. The van der Waals surface area contributed by atoms with Gasteiger partial charge >= 0.3 is 0 Å². The van der Waals surface area contributed by atoms with E-state index in [2.05, 4.69) is 43.3 Å². The molecule has 1 aliphatic rings. The van der Waals surface area contributed by atoms with E-state index < -0.39 is 0 Å². The van der Waals surface area contributed by atoms with E-state index >= 15 is 0 Å². The van der Waals surface area contributed by atoms with Crippen molar-refractivity contribution in [3.8, 4) is 11.3 Å². The molecule has 4 aromatic rings. The van der Waals surface area contributed by atoms with Crippen LogP contribution in [0.5, 0.6) is 0 Å². The summed E-state index contributed by atoms with van der Waals surface area (Å²) in [5, 5.41) is 14.8. The van der Waals surface area contributed by atoms with Gasteiger partial charge < -0.3 is 0 Å². The SMILES string of the molecule is C[C@@H]1CCc2c(-c3ccc([N+](=O)[O-])cc3)nc3ccc4ccccc4c3c2C1. The molecule has 0 spiro atoms. The third kappa shape index (κ3) is 2.64. The summed E-state index contributed by atoms with van der Waals surface area (Å²) in [6.45, 7) is 2.31. The quantitative estimate of drug-likeness (QED) is 0.244. The van der Waals surface area contributed by atoms with Gasteiger partial charge in [-0.3, -0.25) is 10.1 Å². The predicted molar refractivity (Wildman–Crippen MR) is 113 cm³/mol. The highest BCUT2D eigenvalue weighted by Crippen LogP contribution is 2.39. The molecule has 0 radical (unpaired) electrons. The summed E-state index contributed by atoms with van der Waals surface area (Å²) in [6, 6.07) is 19.5. The van der Waals surface area contributed by atoms with E-state index in [0.717, 1.165) is 36.0 Å². The fraction of sp³-hybridized carbons (Fsp3) is 0.208. The lowest BCUT2D eigenvalue weighted by Crippen LogP contribution is -2.14. The standard InChI is InChI=1S/C24H20N2O2/c1-15-6-12-20-21(14-15)23-19-5-3-2-4-16(19)9-13-22(23)25-24(20)17-7-10-18(11-8-17)26(27)28/h2-5,7-11,13,15H,6,12,14H2,1H3/t15-/m1/s1. The predicted octanol–water partition coefficient (Wildman–Crippen LogP) is 6.09. The van der Waals surface area contributed by atoms with Crippen LogP contribution in [0.2, 0.25) is 0 Å². The fourth-order valence-corrected chi connectivity index (χ4v) is 4.47. The van der Waals surface area contributed by atoms with Gasteiger partial charge in [0.25, 0.3) is 5.69 Å². The average molecular weight is 368 g/mol. The molecule has 28 heavy (non-hydrogen) atoms. The molecule has 0 bridgehead atoms. The number of hydrogen-bond donors (Lipinski definition) is 0. The maximum absolute atomic E-state index is 11.0. The lowest BCUT2D eigenvalue weighted by atomic mass is 9.80. The smallest absolute Gasteiger partial charge is 0.258 e. The van der Waals surface area contributed by atoms with Gasteiger partial charge in [-0.1, -0.05) is 37.3 Å². The monoisotopic (exact) mass is 368 g/mol. The Kier molecular flexibility index (Phi) is 3.86. The minimum Gasteiger partial charge on any atom is -0.258 e. The van der Waals surface area contributed by atoms with Gasteiger partial charge in [-0.25, -0.2) is 4.98 Å². The van der Waals surface area contributed by atoms with Crippen LogP contribution in [0, 0.1) is 16.0 Å². The Morgan fingerprint density at radius 2 is 1.79 bits per heavy atom. The first-order valence-electron chi connectivity index (χ1n) is 9.70. The summed E-state index contributed by atoms with van der Waals surface area (Å²) >= 11 is 0. The summed E-state index contributed by atoms with van der Waals surface area (Å²) in [7, 11) is 0. The van der Waals surface area contributed by atoms with Gasteiger partial charge in [-0.2, -0.15) is 0 Å². The molecule has 0 amide bonds. The van der Waals surface area contributed by atoms with E-state index in [1.807, 2.05) is 12.1 Å². The fourth-order valence-electron chi connectivity index (χ4n) is 4.47. The second kappa shape index (κ2) is 6.41. The van der Waals surface area contributed by atoms with Crippen molar-refractivity contribution in [2.75, 3.05) is 0 Å². The molecule has 4 heteroatoms. The van der Waals surface area contributed by atoms with E-state index in [1.54, 1.807) is 12.1 Å². The van der Waals surface area contributed by atoms with Crippen molar-refractivity contribution in [3.05, 3.63) is 81.9 Å². The summed E-state index contributed by atoms with van der Waals surface area (Å²) in [6.07, 6.45) is 3.18. The van der Waals surface area contributed by atoms with Gasteiger partial charge in [0.2, 0.25) is 0 Å². The number of benzene rings is 3. The molecule has 3 aromatic carbocycles. The van der Waals surface area contributed by atoms with Crippen LogP contribution in [-0.4, -0.2) is 9.91 Å². The number of nitro benzene ring substituents is 1. The normalized spacial score (nSPS) is 16.2. The number of aromatic nitrogens is 1. The number of pyridine rings is 1. The van der Waals surface area contributed by atoms with E-state index in [9.17, 15) is 10.1 Å². The van der Waals surface area contributed by atoms with Crippen LogP contribution in [0.1, 0.15) is 24.5 Å². The number of nitro groups is 1. The van der Waals surface area contributed by atoms with Gasteiger partial charge in [-0.05, 0) is 65.3 Å². The van der Waals surface area contributed by atoms with Crippen LogP contribution in [0.15, 0.2) is 60.7 Å². The Hall–Kier alpha value is -3.27. The van der Waals surface area contributed by atoms with Crippen LogP contribution < -0.4 is 0 Å². The molecule has 138 valence electrons. The number of non-ortho nitro benzene ring substituents is 1. The topological polar surface area (TPSA) is 56.0 Å². The molecular formula is C24H20N2O2. The van der Waals surface area contributed by atoms with Crippen molar-refractivity contribution >= 4 is 27.4 Å². The number of hydrogen-bond acceptors (Lipinski definition) is 3. The number of fused-ring (bicyclic) bond motifs is 5. The van der Waals surface area contributed by atoms with Gasteiger partial charge in [0.1, 0.15) is 0 Å². The highest BCUT2D eigenvalue weighted by Gasteiger charge is 2.24. The number of nitrogens with zero attached hydrogens (tertiary/aromatic N) is 2. The lowest BCUT2D eigenvalue weighted by Gasteiger charge is -2.26. The third-order valence-electron chi connectivity index (χ3n) is 5.88. The zero-order valence-electron chi connectivity index (χ0n) is 15.7. The molecule has 1 atom stereocenters. The summed E-state index contributed by atoms with van der Waals surface area (Å²) in [5.74, 6) is 0.641. The van der Waals surface area contributed by atoms with E-state index in [0.29, 0.717) is 5.92 Å². The largest absolute Gasteiger partial charge is 0.269 e. The third-order valence-corrected chi connectivity index (χ3v) is 5.88. The van der Waals surface area contributed by atoms with Crippen LogP contribution in [-0.2, 0) is 12.8 Å².